The third kappa shape index (κ3) is 1.61. The Bertz CT molecular complexity index is 424. The zero-order chi connectivity index (χ0) is 10.2. The first kappa shape index (κ1) is 9.51. The lowest BCUT2D eigenvalue weighted by Crippen LogP contribution is -2.00. The Morgan fingerprint density at radius 2 is 2.14 bits per heavy atom. The molecule has 1 aliphatic rings. The van der Waals surface area contributed by atoms with Crippen LogP contribution in [-0.2, 0) is 9.73 Å². The molecule has 1 saturated heterocycles. The second kappa shape index (κ2) is 3.27. The van der Waals surface area contributed by atoms with Crippen LogP contribution in [0.5, 0.6) is 0 Å². The Kier molecular flexibility index (Phi) is 2.22. The van der Waals surface area contributed by atoms with Crippen molar-refractivity contribution in [1.82, 2.24) is 10.2 Å². The van der Waals surface area contributed by atoms with Gasteiger partial charge >= 0.3 is 0 Å². The van der Waals surface area contributed by atoms with Crippen molar-refractivity contribution in [3.8, 4) is 0 Å². The summed E-state index contributed by atoms with van der Waals surface area (Å²) in [4.78, 5) is 0. The number of aromatic nitrogens is 2. The van der Waals surface area contributed by atoms with Gasteiger partial charge in [0.05, 0.1) is 15.4 Å². The monoisotopic (exact) mass is 214 g/mol. The summed E-state index contributed by atoms with van der Waals surface area (Å²) in [6, 6.07) is 0. The highest BCUT2D eigenvalue weighted by Gasteiger charge is 2.18. The highest BCUT2D eigenvalue weighted by atomic mass is 32.2. The van der Waals surface area contributed by atoms with Crippen LogP contribution in [0.15, 0.2) is 4.36 Å². The van der Waals surface area contributed by atoms with E-state index in [0.29, 0.717) is 23.0 Å². The molecule has 2 rings (SSSR count). The molecule has 5 nitrogen and oxygen atoms in total. The molecule has 1 aliphatic heterocycles. The van der Waals surface area contributed by atoms with Gasteiger partial charge in [0.2, 0.25) is 0 Å². The van der Waals surface area contributed by atoms with Gasteiger partial charge in [-0.05, 0) is 19.8 Å². The van der Waals surface area contributed by atoms with Crippen molar-refractivity contribution in [2.24, 2.45) is 4.36 Å². The van der Waals surface area contributed by atoms with Crippen molar-refractivity contribution in [3.05, 3.63) is 5.69 Å². The van der Waals surface area contributed by atoms with Gasteiger partial charge in [0.15, 0.2) is 5.82 Å². The van der Waals surface area contributed by atoms with Crippen molar-refractivity contribution >= 4 is 21.2 Å². The standard InChI is InChI=1S/C8H14N4OS/c1-6-7(8(9)11-10-6)12-14(13)4-2-3-5-14/h2-5H2,1H3,(H3,9,10,11). The van der Waals surface area contributed by atoms with Crippen LogP contribution in [0.2, 0.25) is 0 Å². The molecule has 0 unspecified atom stereocenters. The topological polar surface area (TPSA) is 84.1 Å². The van der Waals surface area contributed by atoms with Gasteiger partial charge in [-0.3, -0.25) is 5.10 Å². The fourth-order valence-electron chi connectivity index (χ4n) is 1.57. The molecule has 1 fully saturated rings. The number of aromatic amines is 1. The molecule has 0 spiro atoms. The Labute approximate surface area is 83.3 Å². The van der Waals surface area contributed by atoms with Gasteiger partial charge in [0.1, 0.15) is 5.69 Å². The number of rotatable bonds is 1. The highest BCUT2D eigenvalue weighted by molar-refractivity contribution is 7.93. The molecule has 6 heteroatoms. The maximum absolute atomic E-state index is 12.1. The van der Waals surface area contributed by atoms with Crippen molar-refractivity contribution in [1.29, 1.82) is 0 Å². The van der Waals surface area contributed by atoms with Crippen LogP contribution >= 0.6 is 0 Å². The predicted molar refractivity (Wildman–Crippen MR) is 56.9 cm³/mol. The van der Waals surface area contributed by atoms with E-state index in [4.69, 9.17) is 5.73 Å². The molecule has 2 heterocycles. The molecule has 0 aliphatic carbocycles. The zero-order valence-corrected chi connectivity index (χ0v) is 8.93. The molecule has 0 amide bonds. The lowest BCUT2D eigenvalue weighted by molar-refractivity contribution is 0.681. The van der Waals surface area contributed by atoms with Gasteiger partial charge in [0.25, 0.3) is 0 Å². The fraction of sp³-hybridized carbons (Fsp3) is 0.625. The first-order valence-corrected chi connectivity index (χ1v) is 6.49. The van der Waals surface area contributed by atoms with Gasteiger partial charge < -0.3 is 5.73 Å². The Morgan fingerprint density at radius 1 is 1.50 bits per heavy atom. The molecule has 0 radical (unpaired) electrons. The third-order valence-corrected chi connectivity index (χ3v) is 4.74. The van der Waals surface area contributed by atoms with Gasteiger partial charge in [-0.2, -0.15) is 9.46 Å². The first-order valence-electron chi connectivity index (χ1n) is 4.64. The number of aryl methyl sites for hydroxylation is 1. The van der Waals surface area contributed by atoms with E-state index in [9.17, 15) is 4.21 Å². The summed E-state index contributed by atoms with van der Waals surface area (Å²) in [5.74, 6) is 1.73. The first-order chi connectivity index (χ1) is 6.61. The second-order valence-electron chi connectivity index (χ2n) is 3.56. The number of H-pyrrole nitrogens is 1. The summed E-state index contributed by atoms with van der Waals surface area (Å²) in [5.41, 5.74) is 6.99. The molecule has 3 N–H and O–H groups in total. The van der Waals surface area contributed by atoms with Gasteiger partial charge in [0, 0.05) is 11.5 Å². The quantitative estimate of drug-likeness (QED) is 0.736. The predicted octanol–water partition coefficient (Wildman–Crippen LogP) is 1.19. The summed E-state index contributed by atoms with van der Waals surface area (Å²) < 4.78 is 16.4. The van der Waals surface area contributed by atoms with Crippen LogP contribution in [0.25, 0.3) is 0 Å². The van der Waals surface area contributed by atoms with E-state index in [2.05, 4.69) is 14.6 Å². The molecular formula is C8H14N4OS. The van der Waals surface area contributed by atoms with Crippen LogP contribution in [0.1, 0.15) is 18.5 Å². The number of nitrogens with zero attached hydrogens (tertiary/aromatic N) is 2. The Hall–Kier alpha value is -1.04. The lowest BCUT2D eigenvalue weighted by atomic mass is 10.4. The highest BCUT2D eigenvalue weighted by Crippen LogP contribution is 2.27. The van der Waals surface area contributed by atoms with Crippen molar-refractivity contribution < 1.29 is 4.21 Å². The van der Waals surface area contributed by atoms with Crippen LogP contribution < -0.4 is 5.73 Å². The number of anilines is 1. The second-order valence-corrected chi connectivity index (χ2v) is 6.11. The van der Waals surface area contributed by atoms with E-state index in [0.717, 1.165) is 18.5 Å². The molecule has 0 saturated carbocycles. The molecule has 0 atom stereocenters. The maximum atomic E-state index is 12.1. The normalized spacial score (nSPS) is 19.8. The number of nitrogens with one attached hydrogen (secondary N) is 1. The largest absolute Gasteiger partial charge is 0.380 e. The van der Waals surface area contributed by atoms with E-state index in [1.165, 1.54) is 0 Å². The zero-order valence-electron chi connectivity index (χ0n) is 8.12. The molecule has 0 aromatic carbocycles. The van der Waals surface area contributed by atoms with E-state index in [1.807, 2.05) is 6.92 Å². The summed E-state index contributed by atoms with van der Waals surface area (Å²) in [6.07, 6.45) is 2.00. The molecule has 78 valence electrons. The molecule has 14 heavy (non-hydrogen) atoms. The van der Waals surface area contributed by atoms with Crippen LogP contribution in [0, 0.1) is 6.92 Å². The summed E-state index contributed by atoms with van der Waals surface area (Å²) in [7, 11) is -2.04. The van der Waals surface area contributed by atoms with Gasteiger partial charge in [-0.1, -0.05) is 0 Å². The van der Waals surface area contributed by atoms with Gasteiger partial charge in [-0.25, -0.2) is 4.21 Å². The Balaban J connectivity index is 2.47. The maximum Gasteiger partial charge on any atom is 0.172 e. The minimum atomic E-state index is -2.04. The lowest BCUT2D eigenvalue weighted by Gasteiger charge is -1.99. The van der Waals surface area contributed by atoms with Gasteiger partial charge in [-0.15, -0.1) is 0 Å². The van der Waals surface area contributed by atoms with E-state index < -0.39 is 9.73 Å². The van der Waals surface area contributed by atoms with Crippen molar-refractivity contribution in [3.63, 3.8) is 0 Å². The number of nitrogen functional groups attached to an aromatic ring is 1. The average molecular weight is 214 g/mol. The fourth-order valence-corrected chi connectivity index (χ4v) is 3.83. The SMILES string of the molecule is Cc1[nH]nc(N)c1N=S1(=O)CCCC1. The summed E-state index contributed by atoms with van der Waals surface area (Å²) in [6.45, 7) is 1.83. The van der Waals surface area contributed by atoms with Crippen LogP contribution in [0.4, 0.5) is 11.5 Å². The molecule has 1 aromatic rings. The van der Waals surface area contributed by atoms with E-state index in [1.54, 1.807) is 0 Å². The number of nitrogens with two attached hydrogens (primary N) is 1. The minimum Gasteiger partial charge on any atom is -0.380 e. The Morgan fingerprint density at radius 3 is 2.64 bits per heavy atom. The molecule has 0 bridgehead atoms. The smallest absolute Gasteiger partial charge is 0.172 e. The van der Waals surface area contributed by atoms with Crippen LogP contribution in [-0.4, -0.2) is 25.9 Å². The van der Waals surface area contributed by atoms with Crippen LogP contribution in [0.3, 0.4) is 0 Å². The summed E-state index contributed by atoms with van der Waals surface area (Å²) in [5, 5.41) is 6.56. The number of hydrogen-bond acceptors (Lipinski definition) is 4. The number of hydrogen-bond donors (Lipinski definition) is 2. The van der Waals surface area contributed by atoms with E-state index in [-0.39, 0.29) is 0 Å². The van der Waals surface area contributed by atoms with Crippen molar-refractivity contribution in [2.45, 2.75) is 19.8 Å². The van der Waals surface area contributed by atoms with E-state index >= 15 is 0 Å². The van der Waals surface area contributed by atoms with Crippen molar-refractivity contribution in [2.75, 3.05) is 17.2 Å². The summed E-state index contributed by atoms with van der Waals surface area (Å²) >= 11 is 0. The third-order valence-electron chi connectivity index (χ3n) is 2.38. The molecular weight excluding hydrogens is 200 g/mol. The minimum absolute atomic E-state index is 0.345. The average Bonchev–Trinajstić information content (AvgIpc) is 2.68. The molecule has 1 aromatic heterocycles.